The maximum atomic E-state index is 12.5. The number of hydrogen-bond donors (Lipinski definition) is 2. The monoisotopic (exact) mass is 403 g/mol. The fraction of sp³-hybridized carbons (Fsp3) is 0. The third-order valence-corrected chi connectivity index (χ3v) is 5.75. The number of nitrogens with one attached hydrogen (secondary N) is 1. The Morgan fingerprint density at radius 3 is 2.48 bits per heavy atom. The number of fused-ring (bicyclic) bond motifs is 1. The fourth-order valence-corrected chi connectivity index (χ4v) is 3.95. The number of nitrogens with zero attached hydrogens (tertiary/aromatic N) is 2. The summed E-state index contributed by atoms with van der Waals surface area (Å²) in [4.78, 5) is 8.40. The Kier molecular flexibility index (Phi) is 4.97. The molecule has 0 saturated heterocycles. The number of aromatic nitrogens is 1. The molecule has 0 spiro atoms. The van der Waals surface area contributed by atoms with Crippen LogP contribution in [0.4, 0.5) is 11.4 Å². The second-order valence-electron chi connectivity index (χ2n) is 6.32. The lowest BCUT2D eigenvalue weighted by atomic mass is 10.0. The highest BCUT2D eigenvalue weighted by atomic mass is 32.2. The number of aliphatic imine (C=N–C) groups is 1. The van der Waals surface area contributed by atoms with E-state index in [0.717, 1.165) is 10.8 Å². The third kappa shape index (κ3) is 4.09. The third-order valence-electron chi connectivity index (χ3n) is 4.35. The lowest BCUT2D eigenvalue weighted by Gasteiger charge is -2.07. The number of sulfonamides is 1. The van der Waals surface area contributed by atoms with E-state index < -0.39 is 10.0 Å². The molecule has 0 fully saturated rings. The van der Waals surface area contributed by atoms with Crippen LogP contribution in [0.2, 0.25) is 0 Å². The molecule has 2 N–H and O–H groups in total. The molecule has 0 atom stereocenters. The molecule has 0 unspecified atom stereocenters. The van der Waals surface area contributed by atoms with Crippen molar-refractivity contribution in [2.45, 2.75) is 4.90 Å². The quantitative estimate of drug-likeness (QED) is 0.480. The number of hydrogen-bond acceptors (Lipinski definition) is 5. The van der Waals surface area contributed by atoms with Crippen LogP contribution in [0.15, 0.2) is 95.1 Å². The zero-order valence-electron chi connectivity index (χ0n) is 15.2. The lowest BCUT2D eigenvalue weighted by Crippen LogP contribution is -2.12. The second-order valence-corrected chi connectivity index (χ2v) is 8.00. The van der Waals surface area contributed by atoms with E-state index in [0.29, 0.717) is 16.9 Å². The molecule has 7 heteroatoms. The standard InChI is InChI=1S/C22H17N3O3S/c26-22-12-7-16-4-1-2-6-20(16)21(22)15-24-17-8-10-19(11-9-17)29(27,28)25-18-5-3-13-23-14-18/h1-15,25-26H. The molecular weight excluding hydrogens is 386 g/mol. The predicted molar refractivity (Wildman–Crippen MR) is 114 cm³/mol. The van der Waals surface area contributed by atoms with Crippen LogP contribution in [0.25, 0.3) is 10.8 Å². The smallest absolute Gasteiger partial charge is 0.261 e. The summed E-state index contributed by atoms with van der Waals surface area (Å²) in [5, 5.41) is 12.1. The Morgan fingerprint density at radius 1 is 0.931 bits per heavy atom. The Morgan fingerprint density at radius 2 is 1.72 bits per heavy atom. The summed E-state index contributed by atoms with van der Waals surface area (Å²) in [5.74, 6) is 0.132. The Hall–Kier alpha value is -3.71. The highest BCUT2D eigenvalue weighted by Crippen LogP contribution is 2.26. The van der Waals surface area contributed by atoms with Crippen LogP contribution in [0.5, 0.6) is 5.75 Å². The molecule has 4 rings (SSSR count). The van der Waals surface area contributed by atoms with E-state index in [4.69, 9.17) is 0 Å². The molecule has 4 aromatic rings. The number of aromatic hydroxyl groups is 1. The summed E-state index contributed by atoms with van der Waals surface area (Å²) in [6.07, 6.45) is 4.58. The van der Waals surface area contributed by atoms with Gasteiger partial charge in [-0.15, -0.1) is 0 Å². The van der Waals surface area contributed by atoms with Crippen molar-refractivity contribution in [1.82, 2.24) is 4.98 Å². The molecule has 0 amide bonds. The SMILES string of the molecule is O=S(=O)(Nc1cccnc1)c1ccc(N=Cc2c(O)ccc3ccccc23)cc1. The minimum absolute atomic E-state index is 0.119. The predicted octanol–water partition coefficient (Wildman–Crippen LogP) is 4.49. The summed E-state index contributed by atoms with van der Waals surface area (Å²) in [6, 6.07) is 20.6. The molecule has 1 aromatic heterocycles. The molecule has 0 radical (unpaired) electrons. The first kappa shape index (κ1) is 18.6. The van der Waals surface area contributed by atoms with Gasteiger partial charge in [-0.1, -0.05) is 30.3 Å². The van der Waals surface area contributed by atoms with Gasteiger partial charge in [-0.05, 0) is 53.2 Å². The zero-order chi connectivity index (χ0) is 20.3. The van der Waals surface area contributed by atoms with E-state index in [1.165, 1.54) is 18.3 Å². The molecule has 0 saturated carbocycles. The summed E-state index contributed by atoms with van der Waals surface area (Å²) in [7, 11) is -3.71. The van der Waals surface area contributed by atoms with E-state index in [2.05, 4.69) is 14.7 Å². The minimum atomic E-state index is -3.71. The Bertz CT molecular complexity index is 1290. The van der Waals surface area contributed by atoms with Crippen molar-refractivity contribution in [3.63, 3.8) is 0 Å². The highest BCUT2D eigenvalue weighted by Gasteiger charge is 2.14. The molecule has 6 nitrogen and oxygen atoms in total. The molecule has 0 aliphatic heterocycles. The summed E-state index contributed by atoms with van der Waals surface area (Å²) >= 11 is 0. The number of anilines is 1. The molecule has 144 valence electrons. The average Bonchev–Trinajstić information content (AvgIpc) is 2.74. The lowest BCUT2D eigenvalue weighted by molar-refractivity contribution is 0.475. The highest BCUT2D eigenvalue weighted by molar-refractivity contribution is 7.92. The second kappa shape index (κ2) is 7.73. The molecule has 0 aliphatic carbocycles. The molecule has 3 aromatic carbocycles. The van der Waals surface area contributed by atoms with E-state index in [1.807, 2.05) is 30.3 Å². The zero-order valence-corrected chi connectivity index (χ0v) is 16.0. The molecular formula is C22H17N3O3S. The van der Waals surface area contributed by atoms with Gasteiger partial charge in [0.2, 0.25) is 0 Å². The maximum Gasteiger partial charge on any atom is 0.261 e. The Labute approximate surface area is 168 Å². The van der Waals surface area contributed by atoms with Crippen molar-refractivity contribution in [1.29, 1.82) is 0 Å². The molecule has 29 heavy (non-hydrogen) atoms. The van der Waals surface area contributed by atoms with Crippen molar-refractivity contribution in [2.24, 2.45) is 4.99 Å². The van der Waals surface area contributed by atoms with E-state index in [1.54, 1.807) is 42.7 Å². The van der Waals surface area contributed by atoms with Crippen LogP contribution in [-0.2, 0) is 10.0 Å². The van der Waals surface area contributed by atoms with Crippen LogP contribution in [0, 0.1) is 0 Å². The Balaban J connectivity index is 1.58. The number of phenols is 1. The summed E-state index contributed by atoms with van der Waals surface area (Å²) in [5.41, 5.74) is 1.57. The molecule has 1 heterocycles. The first-order valence-electron chi connectivity index (χ1n) is 8.81. The fourth-order valence-electron chi connectivity index (χ4n) is 2.91. The summed E-state index contributed by atoms with van der Waals surface area (Å²) < 4.78 is 27.4. The first-order valence-corrected chi connectivity index (χ1v) is 10.3. The van der Waals surface area contributed by atoms with Gasteiger partial charge in [0.15, 0.2) is 0 Å². The van der Waals surface area contributed by atoms with Crippen molar-refractivity contribution in [3.05, 3.63) is 90.8 Å². The normalized spacial score (nSPS) is 11.7. The van der Waals surface area contributed by atoms with Gasteiger partial charge in [-0.25, -0.2) is 8.42 Å². The van der Waals surface area contributed by atoms with Crippen LogP contribution < -0.4 is 4.72 Å². The maximum absolute atomic E-state index is 12.5. The number of phenolic OH excluding ortho intramolecular Hbond substituents is 1. The van der Waals surface area contributed by atoms with Crippen molar-refractivity contribution in [3.8, 4) is 5.75 Å². The van der Waals surface area contributed by atoms with Gasteiger partial charge >= 0.3 is 0 Å². The van der Waals surface area contributed by atoms with Crippen molar-refractivity contribution < 1.29 is 13.5 Å². The minimum Gasteiger partial charge on any atom is -0.507 e. The van der Waals surface area contributed by atoms with E-state index >= 15 is 0 Å². The van der Waals surface area contributed by atoms with E-state index in [-0.39, 0.29) is 10.6 Å². The van der Waals surface area contributed by atoms with Crippen LogP contribution in [0.1, 0.15) is 5.56 Å². The van der Waals surface area contributed by atoms with Crippen molar-refractivity contribution >= 4 is 38.4 Å². The van der Waals surface area contributed by atoms with Gasteiger partial charge in [0.25, 0.3) is 10.0 Å². The van der Waals surface area contributed by atoms with Gasteiger partial charge < -0.3 is 5.11 Å². The largest absolute Gasteiger partial charge is 0.507 e. The van der Waals surface area contributed by atoms with Crippen LogP contribution in [0.3, 0.4) is 0 Å². The summed E-state index contributed by atoms with van der Waals surface area (Å²) in [6.45, 7) is 0. The number of pyridine rings is 1. The van der Waals surface area contributed by atoms with Gasteiger partial charge in [0.1, 0.15) is 5.75 Å². The molecule has 0 bridgehead atoms. The van der Waals surface area contributed by atoms with Gasteiger partial charge in [0.05, 0.1) is 22.5 Å². The first-order chi connectivity index (χ1) is 14.0. The van der Waals surface area contributed by atoms with Gasteiger partial charge in [-0.3, -0.25) is 14.7 Å². The van der Waals surface area contributed by atoms with Gasteiger partial charge in [-0.2, -0.15) is 0 Å². The van der Waals surface area contributed by atoms with Crippen LogP contribution >= 0.6 is 0 Å². The van der Waals surface area contributed by atoms with Gasteiger partial charge in [0, 0.05) is 18.0 Å². The van der Waals surface area contributed by atoms with E-state index in [9.17, 15) is 13.5 Å². The molecule has 0 aliphatic rings. The number of benzene rings is 3. The van der Waals surface area contributed by atoms with Crippen molar-refractivity contribution in [2.75, 3.05) is 4.72 Å². The average molecular weight is 403 g/mol. The number of rotatable bonds is 5. The topological polar surface area (TPSA) is 91.7 Å². The van der Waals surface area contributed by atoms with Crippen LogP contribution in [-0.4, -0.2) is 24.7 Å².